The highest BCUT2D eigenvalue weighted by Gasteiger charge is 1.59. The predicted molar refractivity (Wildman–Crippen MR) is 20.9 cm³/mol. The van der Waals surface area contributed by atoms with Gasteiger partial charge in [0, 0.05) is 12.3 Å². The number of thiol groups is 1. The molecule has 1 nitrogen and oxygen atoms in total. The summed E-state index contributed by atoms with van der Waals surface area (Å²) in [6.07, 6.45) is 0. The molecular formula is C2H5NS. The molecule has 0 aromatic rings. The van der Waals surface area contributed by atoms with E-state index in [0.717, 1.165) is 0 Å². The fraction of sp³-hybridized carbons (Fsp3) is 1.00. The summed E-state index contributed by atoms with van der Waals surface area (Å²) in [6, 6.07) is 0. The lowest BCUT2D eigenvalue weighted by Gasteiger charge is -1.65. The number of hydrogen-bond acceptors (Lipinski definition) is 1. The average molecular weight is 75.1 g/mol. The number of nitrogens with zero attached hydrogens (tertiary/aromatic N) is 1. The topological polar surface area (TPSA) is 22.3 Å². The zero-order chi connectivity index (χ0) is 3.41. The minimum absolute atomic E-state index is 0.184. The van der Waals surface area contributed by atoms with Crippen LogP contribution < -0.4 is 5.73 Å². The second kappa shape index (κ2) is 3.31. The first-order valence-electron chi connectivity index (χ1n) is 1.13. The Morgan fingerprint density at radius 1 is 1.75 bits per heavy atom. The maximum atomic E-state index is 7.80. The molecule has 24 valence electrons. The van der Waals surface area contributed by atoms with E-state index in [2.05, 4.69) is 12.6 Å². The minimum Gasteiger partial charge on any atom is -0.178 e. The summed E-state index contributed by atoms with van der Waals surface area (Å²) in [4.78, 5) is 0. The van der Waals surface area contributed by atoms with Gasteiger partial charge in [-0.15, -0.1) is 5.73 Å². The SMILES string of the molecule is [N]CCS. The summed E-state index contributed by atoms with van der Waals surface area (Å²) in [5.41, 5.74) is 7.80. The van der Waals surface area contributed by atoms with E-state index < -0.39 is 0 Å². The summed E-state index contributed by atoms with van der Waals surface area (Å²) in [5.74, 6) is 0.569. The van der Waals surface area contributed by atoms with Gasteiger partial charge >= 0.3 is 0 Å². The lowest BCUT2D eigenvalue weighted by atomic mass is 10.8. The molecule has 0 spiro atoms. The Morgan fingerprint density at radius 2 is 2.00 bits per heavy atom. The largest absolute Gasteiger partial charge is 0.178 e. The minimum atomic E-state index is 0.184. The first-order chi connectivity index (χ1) is 1.91. The predicted octanol–water partition coefficient (Wildman–Crippen LogP) is -0.0151. The van der Waals surface area contributed by atoms with E-state index in [1.807, 2.05) is 0 Å². The van der Waals surface area contributed by atoms with Crippen molar-refractivity contribution in [2.24, 2.45) is 0 Å². The maximum Gasteiger partial charge on any atom is 0.0409 e. The van der Waals surface area contributed by atoms with E-state index >= 15 is 0 Å². The van der Waals surface area contributed by atoms with Crippen molar-refractivity contribution in [1.82, 2.24) is 5.73 Å². The van der Waals surface area contributed by atoms with Gasteiger partial charge in [-0.1, -0.05) is 0 Å². The zero-order valence-electron chi connectivity index (χ0n) is 2.31. The van der Waals surface area contributed by atoms with E-state index in [9.17, 15) is 0 Å². The highest BCUT2D eigenvalue weighted by molar-refractivity contribution is 7.80. The lowest BCUT2D eigenvalue weighted by molar-refractivity contribution is 1.11. The maximum absolute atomic E-state index is 7.80. The van der Waals surface area contributed by atoms with Crippen molar-refractivity contribution >= 4 is 12.6 Å². The van der Waals surface area contributed by atoms with Crippen molar-refractivity contribution in [3.05, 3.63) is 0 Å². The second-order valence-electron chi connectivity index (χ2n) is 0.447. The Bertz CT molecular complexity index is 8.00. The Morgan fingerprint density at radius 3 is 2.00 bits per heavy atom. The molecule has 0 heterocycles. The third kappa shape index (κ3) is 2.31. The van der Waals surface area contributed by atoms with Crippen LogP contribution in [-0.2, 0) is 0 Å². The molecule has 2 heteroatoms. The van der Waals surface area contributed by atoms with Crippen molar-refractivity contribution in [3.8, 4) is 0 Å². The third-order valence-electron chi connectivity index (χ3n) is 0.1000. The van der Waals surface area contributed by atoms with Crippen LogP contribution in [0, 0.1) is 0 Å². The van der Waals surface area contributed by atoms with Crippen molar-refractivity contribution in [1.29, 1.82) is 0 Å². The van der Waals surface area contributed by atoms with E-state index in [4.69, 9.17) is 5.73 Å². The highest BCUT2D eigenvalue weighted by Crippen LogP contribution is 1.60. The summed E-state index contributed by atoms with van der Waals surface area (Å²) in [7, 11) is 0. The van der Waals surface area contributed by atoms with Gasteiger partial charge in [-0.3, -0.25) is 0 Å². The van der Waals surface area contributed by atoms with Crippen molar-refractivity contribution in [2.45, 2.75) is 0 Å². The molecule has 0 aromatic carbocycles. The monoisotopic (exact) mass is 75.0 g/mol. The number of hydrogen-bond donors (Lipinski definition) is 1. The molecule has 2 radical (unpaired) electrons. The highest BCUT2D eigenvalue weighted by atomic mass is 32.1. The van der Waals surface area contributed by atoms with Crippen LogP contribution >= 0.6 is 12.6 Å². The van der Waals surface area contributed by atoms with Crippen LogP contribution in [0.25, 0.3) is 0 Å². The van der Waals surface area contributed by atoms with Gasteiger partial charge in [0.2, 0.25) is 0 Å². The Hall–Kier alpha value is 0.310. The van der Waals surface area contributed by atoms with Gasteiger partial charge in [-0.25, -0.2) is 0 Å². The smallest absolute Gasteiger partial charge is 0.0409 e. The average Bonchev–Trinajstić information content (AvgIpc) is 1.37. The van der Waals surface area contributed by atoms with Gasteiger partial charge in [0.25, 0.3) is 0 Å². The molecule has 0 aliphatic heterocycles. The molecule has 0 saturated heterocycles. The Labute approximate surface area is 31.6 Å². The van der Waals surface area contributed by atoms with Crippen LogP contribution in [0.3, 0.4) is 0 Å². The molecule has 0 aromatic heterocycles. The summed E-state index contributed by atoms with van der Waals surface area (Å²) in [5, 5.41) is 0. The summed E-state index contributed by atoms with van der Waals surface area (Å²) >= 11 is 3.67. The first-order valence-corrected chi connectivity index (χ1v) is 1.76. The van der Waals surface area contributed by atoms with Crippen molar-refractivity contribution in [2.75, 3.05) is 12.3 Å². The van der Waals surface area contributed by atoms with E-state index in [-0.39, 0.29) is 6.54 Å². The van der Waals surface area contributed by atoms with E-state index in [1.165, 1.54) is 0 Å². The van der Waals surface area contributed by atoms with Gasteiger partial charge in [0.05, 0.1) is 0 Å². The van der Waals surface area contributed by atoms with Crippen LogP contribution in [0.1, 0.15) is 0 Å². The second-order valence-corrected chi connectivity index (χ2v) is 0.894. The summed E-state index contributed by atoms with van der Waals surface area (Å²) in [6.45, 7) is 0.184. The molecule has 0 unspecified atom stereocenters. The lowest BCUT2D eigenvalue weighted by Crippen LogP contribution is -1.80. The molecule has 0 amide bonds. The Balaban J connectivity index is 1.97. The van der Waals surface area contributed by atoms with Gasteiger partial charge in [0.15, 0.2) is 0 Å². The zero-order valence-corrected chi connectivity index (χ0v) is 3.20. The van der Waals surface area contributed by atoms with Crippen LogP contribution in [0.5, 0.6) is 0 Å². The molecule has 0 saturated carbocycles. The number of rotatable bonds is 1. The van der Waals surface area contributed by atoms with Crippen molar-refractivity contribution in [3.63, 3.8) is 0 Å². The van der Waals surface area contributed by atoms with Crippen LogP contribution in [0.4, 0.5) is 0 Å². The molecule has 0 atom stereocenters. The molecule has 0 N–H and O–H groups in total. The van der Waals surface area contributed by atoms with Crippen molar-refractivity contribution < 1.29 is 0 Å². The first kappa shape index (κ1) is 4.31. The van der Waals surface area contributed by atoms with Gasteiger partial charge in [-0.05, 0) is 0 Å². The van der Waals surface area contributed by atoms with Crippen LogP contribution in [0.2, 0.25) is 0 Å². The molecule has 0 rings (SSSR count). The molecular weight excluding hydrogens is 70.1 g/mol. The fourth-order valence-electron chi connectivity index (χ4n) is 0. The normalized spacial score (nSPS) is 7.50. The quantitative estimate of drug-likeness (QED) is 0.423. The molecule has 4 heavy (non-hydrogen) atoms. The molecule has 0 aliphatic rings. The van der Waals surface area contributed by atoms with Crippen LogP contribution in [0.15, 0.2) is 0 Å². The molecule has 0 aliphatic carbocycles. The third-order valence-corrected chi connectivity index (χ3v) is 0.300. The van der Waals surface area contributed by atoms with Gasteiger partial charge in [-0.2, -0.15) is 12.6 Å². The van der Waals surface area contributed by atoms with Gasteiger partial charge < -0.3 is 0 Å². The summed E-state index contributed by atoms with van der Waals surface area (Å²) < 4.78 is 0. The standard InChI is InChI=1S/C2H5NS/c3-1-2-4/h4H,1-2H2. The molecule has 0 bridgehead atoms. The molecule has 0 fully saturated rings. The van der Waals surface area contributed by atoms with E-state index in [1.54, 1.807) is 0 Å². The van der Waals surface area contributed by atoms with E-state index in [0.29, 0.717) is 5.75 Å². The fourth-order valence-corrected chi connectivity index (χ4v) is 0. The van der Waals surface area contributed by atoms with Gasteiger partial charge in [0.1, 0.15) is 0 Å². The van der Waals surface area contributed by atoms with Crippen LogP contribution in [-0.4, -0.2) is 12.3 Å². The Kier molecular flexibility index (Phi) is 3.57.